The molecular weight excluding hydrogens is 138 g/mol. The van der Waals surface area contributed by atoms with Crippen LogP contribution in [0.15, 0.2) is 12.7 Å². The molecule has 0 aliphatic carbocycles. The van der Waals surface area contributed by atoms with Crippen molar-refractivity contribution in [1.82, 2.24) is 5.32 Å². The minimum absolute atomic E-state index is 0.578. The Labute approximate surface area is 69.3 Å². The van der Waals surface area contributed by atoms with Crippen molar-refractivity contribution in [3.8, 4) is 0 Å². The van der Waals surface area contributed by atoms with Gasteiger partial charge in [0.15, 0.2) is 0 Å². The van der Waals surface area contributed by atoms with E-state index in [4.69, 9.17) is 0 Å². The maximum Gasteiger partial charge on any atom is 0.0920 e. The SMILES string of the molecule is C=CC(C)(O)CNCC(C)C. The Morgan fingerprint density at radius 3 is 2.55 bits per heavy atom. The Bertz CT molecular complexity index is 119. The lowest BCUT2D eigenvalue weighted by Gasteiger charge is -2.19. The lowest BCUT2D eigenvalue weighted by atomic mass is 10.1. The largest absolute Gasteiger partial charge is 0.385 e. The molecule has 0 heterocycles. The second-order valence-electron chi connectivity index (χ2n) is 3.59. The van der Waals surface area contributed by atoms with Crippen LogP contribution < -0.4 is 5.32 Å². The lowest BCUT2D eigenvalue weighted by Crippen LogP contribution is -2.37. The molecule has 11 heavy (non-hydrogen) atoms. The molecular formula is C9H19NO. The highest BCUT2D eigenvalue weighted by Crippen LogP contribution is 2.01. The Kier molecular flexibility index (Phi) is 4.38. The van der Waals surface area contributed by atoms with Crippen LogP contribution >= 0.6 is 0 Å². The van der Waals surface area contributed by atoms with Crippen LogP contribution in [0.2, 0.25) is 0 Å². The number of aliphatic hydroxyl groups is 1. The minimum Gasteiger partial charge on any atom is -0.385 e. The highest BCUT2D eigenvalue weighted by Gasteiger charge is 2.13. The zero-order valence-corrected chi connectivity index (χ0v) is 7.72. The molecule has 0 fully saturated rings. The fourth-order valence-electron chi connectivity index (χ4n) is 0.686. The van der Waals surface area contributed by atoms with Crippen LogP contribution in [-0.4, -0.2) is 23.8 Å². The zero-order chi connectivity index (χ0) is 8.91. The first-order valence-corrected chi connectivity index (χ1v) is 4.04. The lowest BCUT2D eigenvalue weighted by molar-refractivity contribution is 0.110. The molecule has 0 spiro atoms. The molecule has 0 aromatic rings. The van der Waals surface area contributed by atoms with Gasteiger partial charge in [-0.15, -0.1) is 6.58 Å². The molecule has 0 saturated carbocycles. The van der Waals surface area contributed by atoms with Crippen molar-refractivity contribution in [2.45, 2.75) is 26.4 Å². The standard InChI is InChI=1S/C9H19NO/c1-5-9(4,11)7-10-6-8(2)3/h5,8,10-11H,1,6-7H2,2-4H3. The van der Waals surface area contributed by atoms with E-state index in [1.165, 1.54) is 0 Å². The van der Waals surface area contributed by atoms with Gasteiger partial charge >= 0.3 is 0 Å². The van der Waals surface area contributed by atoms with Crippen molar-refractivity contribution in [2.75, 3.05) is 13.1 Å². The van der Waals surface area contributed by atoms with Crippen LogP contribution in [0.1, 0.15) is 20.8 Å². The molecule has 0 amide bonds. The summed E-state index contributed by atoms with van der Waals surface area (Å²) in [7, 11) is 0. The molecule has 0 aromatic carbocycles. The van der Waals surface area contributed by atoms with E-state index in [9.17, 15) is 5.11 Å². The third-order valence-corrected chi connectivity index (χ3v) is 1.48. The summed E-state index contributed by atoms with van der Waals surface area (Å²) in [5, 5.41) is 12.6. The van der Waals surface area contributed by atoms with E-state index in [0.717, 1.165) is 6.54 Å². The maximum atomic E-state index is 9.46. The van der Waals surface area contributed by atoms with Gasteiger partial charge < -0.3 is 10.4 Å². The maximum absolute atomic E-state index is 9.46. The summed E-state index contributed by atoms with van der Waals surface area (Å²) in [6.45, 7) is 11.1. The van der Waals surface area contributed by atoms with E-state index >= 15 is 0 Å². The normalized spacial score (nSPS) is 16.5. The van der Waals surface area contributed by atoms with Gasteiger partial charge in [-0.3, -0.25) is 0 Å². The highest BCUT2D eigenvalue weighted by atomic mass is 16.3. The van der Waals surface area contributed by atoms with Crippen molar-refractivity contribution in [3.63, 3.8) is 0 Å². The molecule has 1 atom stereocenters. The summed E-state index contributed by atoms with van der Waals surface area (Å²) in [5.41, 5.74) is -0.769. The Morgan fingerprint density at radius 2 is 2.18 bits per heavy atom. The van der Waals surface area contributed by atoms with Crippen LogP contribution in [0.5, 0.6) is 0 Å². The van der Waals surface area contributed by atoms with E-state index in [2.05, 4.69) is 25.7 Å². The zero-order valence-electron chi connectivity index (χ0n) is 7.72. The smallest absolute Gasteiger partial charge is 0.0920 e. The van der Waals surface area contributed by atoms with Gasteiger partial charge in [-0.05, 0) is 19.4 Å². The summed E-state index contributed by atoms with van der Waals surface area (Å²) < 4.78 is 0. The Balaban J connectivity index is 3.45. The first kappa shape index (κ1) is 10.7. The van der Waals surface area contributed by atoms with Crippen LogP contribution in [0.3, 0.4) is 0 Å². The number of rotatable bonds is 5. The molecule has 0 aliphatic heterocycles. The number of hydrogen-bond donors (Lipinski definition) is 2. The van der Waals surface area contributed by atoms with E-state index in [-0.39, 0.29) is 0 Å². The molecule has 0 rings (SSSR count). The van der Waals surface area contributed by atoms with Gasteiger partial charge in [-0.2, -0.15) is 0 Å². The summed E-state index contributed by atoms with van der Waals surface area (Å²) >= 11 is 0. The topological polar surface area (TPSA) is 32.3 Å². The summed E-state index contributed by atoms with van der Waals surface area (Å²) in [6, 6.07) is 0. The Hall–Kier alpha value is -0.340. The molecule has 0 saturated heterocycles. The van der Waals surface area contributed by atoms with Crippen molar-refractivity contribution >= 4 is 0 Å². The molecule has 66 valence electrons. The monoisotopic (exact) mass is 157 g/mol. The predicted octanol–water partition coefficient (Wildman–Crippen LogP) is 1.17. The van der Waals surface area contributed by atoms with Gasteiger partial charge in [0.05, 0.1) is 5.60 Å². The molecule has 0 aromatic heterocycles. The summed E-state index contributed by atoms with van der Waals surface area (Å²) in [4.78, 5) is 0. The first-order chi connectivity index (χ1) is 4.98. The van der Waals surface area contributed by atoms with E-state index in [1.807, 2.05) is 0 Å². The summed E-state index contributed by atoms with van der Waals surface area (Å²) in [6.07, 6.45) is 1.56. The van der Waals surface area contributed by atoms with E-state index in [1.54, 1.807) is 13.0 Å². The second kappa shape index (κ2) is 4.52. The fourth-order valence-corrected chi connectivity index (χ4v) is 0.686. The highest BCUT2D eigenvalue weighted by molar-refractivity contribution is 4.93. The van der Waals surface area contributed by atoms with Crippen LogP contribution in [0.25, 0.3) is 0 Å². The van der Waals surface area contributed by atoms with Crippen molar-refractivity contribution < 1.29 is 5.11 Å². The van der Waals surface area contributed by atoms with Gasteiger partial charge in [0, 0.05) is 6.54 Å². The molecule has 2 nitrogen and oxygen atoms in total. The molecule has 2 N–H and O–H groups in total. The average Bonchev–Trinajstić information content (AvgIpc) is 1.87. The predicted molar refractivity (Wildman–Crippen MR) is 48.5 cm³/mol. The number of nitrogens with one attached hydrogen (secondary N) is 1. The minimum atomic E-state index is -0.769. The molecule has 0 bridgehead atoms. The number of hydrogen-bond acceptors (Lipinski definition) is 2. The first-order valence-electron chi connectivity index (χ1n) is 4.04. The van der Waals surface area contributed by atoms with E-state index in [0.29, 0.717) is 12.5 Å². The van der Waals surface area contributed by atoms with Crippen LogP contribution in [-0.2, 0) is 0 Å². The third kappa shape index (κ3) is 6.07. The molecule has 0 aliphatic rings. The quantitative estimate of drug-likeness (QED) is 0.587. The second-order valence-corrected chi connectivity index (χ2v) is 3.59. The fraction of sp³-hybridized carbons (Fsp3) is 0.778. The molecule has 0 radical (unpaired) electrons. The average molecular weight is 157 g/mol. The van der Waals surface area contributed by atoms with Crippen molar-refractivity contribution in [3.05, 3.63) is 12.7 Å². The van der Waals surface area contributed by atoms with Gasteiger partial charge in [-0.1, -0.05) is 19.9 Å². The molecule has 2 heteroatoms. The van der Waals surface area contributed by atoms with Gasteiger partial charge in [0.1, 0.15) is 0 Å². The van der Waals surface area contributed by atoms with Gasteiger partial charge in [-0.25, -0.2) is 0 Å². The molecule has 1 unspecified atom stereocenters. The third-order valence-electron chi connectivity index (χ3n) is 1.48. The summed E-state index contributed by atoms with van der Waals surface area (Å²) in [5.74, 6) is 0.621. The van der Waals surface area contributed by atoms with Crippen LogP contribution in [0.4, 0.5) is 0 Å². The van der Waals surface area contributed by atoms with Gasteiger partial charge in [0.2, 0.25) is 0 Å². The van der Waals surface area contributed by atoms with Crippen LogP contribution in [0, 0.1) is 5.92 Å². The Morgan fingerprint density at radius 1 is 1.64 bits per heavy atom. The van der Waals surface area contributed by atoms with Gasteiger partial charge in [0.25, 0.3) is 0 Å². The van der Waals surface area contributed by atoms with Crippen molar-refractivity contribution in [2.24, 2.45) is 5.92 Å². The van der Waals surface area contributed by atoms with E-state index < -0.39 is 5.60 Å². The van der Waals surface area contributed by atoms with Crippen molar-refractivity contribution in [1.29, 1.82) is 0 Å².